The topological polar surface area (TPSA) is 107 Å². The predicted octanol–water partition coefficient (Wildman–Crippen LogP) is 5.88. The van der Waals surface area contributed by atoms with Crippen molar-refractivity contribution in [1.29, 1.82) is 0 Å². The van der Waals surface area contributed by atoms with E-state index < -0.39 is 26.6 Å². The highest BCUT2D eigenvalue weighted by Crippen LogP contribution is 2.48. The van der Waals surface area contributed by atoms with Crippen LogP contribution in [0.1, 0.15) is 80.3 Å². The Morgan fingerprint density at radius 3 is 2.56 bits per heavy atom. The number of ether oxygens (including phenoxy) is 1. The zero-order chi connectivity index (χ0) is 27.9. The van der Waals surface area contributed by atoms with Crippen molar-refractivity contribution in [3.8, 4) is 17.0 Å². The lowest BCUT2D eigenvalue weighted by Gasteiger charge is -2.27. The van der Waals surface area contributed by atoms with Crippen molar-refractivity contribution in [2.45, 2.75) is 77.0 Å². The highest BCUT2D eigenvalue weighted by atomic mass is 32.2. The van der Waals surface area contributed by atoms with Gasteiger partial charge in [-0.25, -0.2) is 18.0 Å². The monoisotopic (exact) mass is 554 g/mol. The molecule has 0 saturated heterocycles. The number of carbonyl (C=O) groups is 1. The van der Waals surface area contributed by atoms with Gasteiger partial charge >= 0.3 is 0 Å². The van der Waals surface area contributed by atoms with E-state index in [1.54, 1.807) is 27.0 Å². The van der Waals surface area contributed by atoms with Gasteiger partial charge in [-0.3, -0.25) is 10.1 Å². The van der Waals surface area contributed by atoms with Gasteiger partial charge in [0.05, 0.1) is 24.7 Å². The molecule has 0 spiro atoms. The van der Waals surface area contributed by atoms with E-state index in [0.29, 0.717) is 24.4 Å². The molecule has 5 rings (SSSR count). The number of fused-ring (bicyclic) bond motifs is 5. The molecule has 2 aromatic carbocycles. The van der Waals surface area contributed by atoms with E-state index in [2.05, 4.69) is 28.3 Å². The first kappa shape index (κ1) is 27.7. The second-order valence-corrected chi connectivity index (χ2v) is 14.0. The van der Waals surface area contributed by atoms with Crippen molar-refractivity contribution in [1.82, 2.24) is 9.29 Å². The standard InChI is InChI=1S/C30H38N2O6S/c1-19(2)39(35,36)31-29(33)21-10-12-25-26(15-21)32-17-30(3,18-38-34)16-22-14-23(37-4)11-13-24(22)28(32)27(25)20-8-6-5-7-9-20/h10-15,19-20,34H,5-9,16-18H2,1-4H3,(H,31,33). The minimum absolute atomic E-state index is 0.133. The van der Waals surface area contributed by atoms with Gasteiger partial charge in [0.15, 0.2) is 0 Å². The first-order valence-corrected chi connectivity index (χ1v) is 15.3. The minimum Gasteiger partial charge on any atom is -0.497 e. The zero-order valence-electron chi connectivity index (χ0n) is 23.1. The molecule has 3 aromatic rings. The molecule has 1 fully saturated rings. The number of aromatic nitrogens is 1. The van der Waals surface area contributed by atoms with Gasteiger partial charge in [-0.05, 0) is 80.5 Å². The van der Waals surface area contributed by atoms with Gasteiger partial charge in [0, 0.05) is 34.0 Å². The first-order valence-electron chi connectivity index (χ1n) is 13.7. The van der Waals surface area contributed by atoms with Gasteiger partial charge < -0.3 is 9.30 Å². The minimum atomic E-state index is -3.77. The van der Waals surface area contributed by atoms with Crippen molar-refractivity contribution in [3.05, 3.63) is 53.1 Å². The van der Waals surface area contributed by atoms with Crippen molar-refractivity contribution in [3.63, 3.8) is 0 Å². The summed E-state index contributed by atoms with van der Waals surface area (Å²) in [5, 5.41) is 9.88. The fraction of sp³-hybridized carbons (Fsp3) is 0.500. The van der Waals surface area contributed by atoms with Crippen LogP contribution in [0.3, 0.4) is 0 Å². The van der Waals surface area contributed by atoms with Crippen LogP contribution in [0.15, 0.2) is 36.4 Å². The Balaban J connectivity index is 1.76. The lowest BCUT2D eigenvalue weighted by Crippen LogP contribution is -2.35. The summed E-state index contributed by atoms with van der Waals surface area (Å²) in [5.41, 5.74) is 5.37. The van der Waals surface area contributed by atoms with Crippen LogP contribution in [0.25, 0.3) is 22.2 Å². The first-order chi connectivity index (χ1) is 18.6. The maximum atomic E-state index is 13.1. The molecule has 2 heterocycles. The number of methoxy groups -OCH3 is 1. The van der Waals surface area contributed by atoms with E-state index in [0.717, 1.165) is 46.3 Å². The average molecular weight is 555 g/mol. The van der Waals surface area contributed by atoms with Crippen molar-refractivity contribution >= 4 is 26.8 Å². The third-order valence-electron chi connectivity index (χ3n) is 8.37. The fourth-order valence-corrected chi connectivity index (χ4v) is 6.92. The number of benzene rings is 2. The van der Waals surface area contributed by atoms with Crippen LogP contribution in [0.2, 0.25) is 0 Å². The molecule has 210 valence electrons. The summed E-state index contributed by atoms with van der Waals surface area (Å²) in [6.07, 6.45) is 6.46. The largest absolute Gasteiger partial charge is 0.497 e. The molecule has 2 N–H and O–H groups in total. The van der Waals surface area contributed by atoms with Gasteiger partial charge in [-0.15, -0.1) is 0 Å². The Hall–Kier alpha value is -2.88. The molecule has 1 aliphatic heterocycles. The van der Waals surface area contributed by atoms with Crippen LogP contribution in [-0.4, -0.2) is 43.1 Å². The number of nitrogens with zero attached hydrogens (tertiary/aromatic N) is 1. The summed E-state index contributed by atoms with van der Waals surface area (Å²) >= 11 is 0. The number of sulfonamides is 1. The van der Waals surface area contributed by atoms with Crippen LogP contribution in [0, 0.1) is 5.41 Å². The van der Waals surface area contributed by atoms with E-state index in [1.165, 1.54) is 24.8 Å². The van der Waals surface area contributed by atoms with Crippen molar-refractivity contribution < 1.29 is 28.1 Å². The SMILES string of the molecule is COc1ccc2c(c1)CC(C)(COO)Cn1c-2c(C2CCCCC2)c2ccc(C(=O)NS(=O)(=O)C(C)C)cc21. The van der Waals surface area contributed by atoms with Crippen molar-refractivity contribution in [2.24, 2.45) is 5.41 Å². The Labute approximate surface area is 230 Å². The number of rotatable bonds is 7. The van der Waals surface area contributed by atoms with Gasteiger partial charge in [0.2, 0.25) is 10.0 Å². The molecule has 8 nitrogen and oxygen atoms in total. The van der Waals surface area contributed by atoms with E-state index in [1.807, 2.05) is 18.2 Å². The van der Waals surface area contributed by atoms with Gasteiger partial charge in [0.1, 0.15) is 5.75 Å². The molecular weight excluding hydrogens is 516 g/mol. The number of nitrogens with one attached hydrogen (secondary N) is 1. The third kappa shape index (κ3) is 5.19. The summed E-state index contributed by atoms with van der Waals surface area (Å²) in [6.45, 7) is 5.85. The van der Waals surface area contributed by atoms with Gasteiger partial charge in [0.25, 0.3) is 5.91 Å². The smallest absolute Gasteiger partial charge is 0.264 e. The maximum absolute atomic E-state index is 13.1. The molecular formula is C30H38N2O6S. The lowest BCUT2D eigenvalue weighted by atomic mass is 9.80. The molecule has 1 aromatic heterocycles. The molecule has 1 aliphatic carbocycles. The Bertz CT molecular complexity index is 1500. The predicted molar refractivity (Wildman–Crippen MR) is 152 cm³/mol. The van der Waals surface area contributed by atoms with Gasteiger partial charge in [-0.1, -0.05) is 32.3 Å². The Kier molecular flexibility index (Phi) is 7.52. The lowest BCUT2D eigenvalue weighted by molar-refractivity contribution is -0.262. The second-order valence-electron chi connectivity index (χ2n) is 11.7. The second kappa shape index (κ2) is 10.6. The highest BCUT2D eigenvalue weighted by Gasteiger charge is 2.36. The molecule has 1 unspecified atom stereocenters. The molecule has 9 heteroatoms. The van der Waals surface area contributed by atoms with E-state index in [9.17, 15) is 18.5 Å². The normalized spacial score (nSPS) is 19.9. The molecule has 1 saturated carbocycles. The summed E-state index contributed by atoms with van der Waals surface area (Å²) in [6, 6.07) is 11.7. The summed E-state index contributed by atoms with van der Waals surface area (Å²) in [7, 11) is -2.11. The van der Waals surface area contributed by atoms with Crippen LogP contribution in [-0.2, 0) is 27.9 Å². The quantitative estimate of drug-likeness (QED) is 0.279. The number of amides is 1. The van der Waals surface area contributed by atoms with E-state index in [-0.39, 0.29) is 6.61 Å². The van der Waals surface area contributed by atoms with Crippen LogP contribution in [0.5, 0.6) is 5.75 Å². The van der Waals surface area contributed by atoms with Gasteiger partial charge in [-0.2, -0.15) is 0 Å². The highest BCUT2D eigenvalue weighted by molar-refractivity contribution is 7.90. The number of hydrogen-bond donors (Lipinski definition) is 2. The van der Waals surface area contributed by atoms with E-state index in [4.69, 9.17) is 9.62 Å². The van der Waals surface area contributed by atoms with Crippen LogP contribution < -0.4 is 9.46 Å². The third-order valence-corrected chi connectivity index (χ3v) is 10.1. The Morgan fingerprint density at radius 2 is 1.90 bits per heavy atom. The number of carbonyl (C=O) groups excluding carboxylic acids is 1. The zero-order valence-corrected chi connectivity index (χ0v) is 23.9. The molecule has 1 amide bonds. The van der Waals surface area contributed by atoms with Crippen LogP contribution >= 0.6 is 0 Å². The van der Waals surface area contributed by atoms with Crippen LogP contribution in [0.4, 0.5) is 0 Å². The number of hydrogen-bond acceptors (Lipinski definition) is 6. The molecule has 39 heavy (non-hydrogen) atoms. The molecule has 1 atom stereocenters. The summed E-state index contributed by atoms with van der Waals surface area (Å²) in [4.78, 5) is 17.8. The molecule has 0 bridgehead atoms. The molecule has 0 radical (unpaired) electrons. The summed E-state index contributed by atoms with van der Waals surface area (Å²) < 4.78 is 34.9. The average Bonchev–Trinajstić information content (AvgIpc) is 3.14. The fourth-order valence-electron chi connectivity index (χ4n) is 6.31. The summed E-state index contributed by atoms with van der Waals surface area (Å²) in [5.74, 6) is 0.516. The van der Waals surface area contributed by atoms with E-state index >= 15 is 0 Å². The van der Waals surface area contributed by atoms with Crippen molar-refractivity contribution in [2.75, 3.05) is 13.7 Å². The maximum Gasteiger partial charge on any atom is 0.264 e. The molecule has 2 aliphatic rings. The Morgan fingerprint density at radius 1 is 1.15 bits per heavy atom.